The van der Waals surface area contributed by atoms with Crippen LogP contribution in [-0.4, -0.2) is 23.4 Å². The Kier molecular flexibility index (Phi) is 4.47. The predicted octanol–water partition coefficient (Wildman–Crippen LogP) is 4.20. The molecule has 0 amide bonds. The molecule has 0 aliphatic rings. The number of rotatable bonds is 2. The van der Waals surface area contributed by atoms with Crippen molar-refractivity contribution in [3.05, 3.63) is 29.5 Å². The molecule has 0 spiro atoms. The first-order valence-electron chi connectivity index (χ1n) is 6.72. The largest absolute Gasteiger partial charge is 0.496 e. The van der Waals surface area contributed by atoms with E-state index in [1.54, 1.807) is 40.0 Å². The molecule has 0 radical (unpaired) electrons. The summed E-state index contributed by atoms with van der Waals surface area (Å²) in [5, 5.41) is 10.7. The van der Waals surface area contributed by atoms with Crippen molar-refractivity contribution in [3.8, 4) is 11.8 Å². The first-order valence-corrected chi connectivity index (χ1v) is 7.84. The summed E-state index contributed by atoms with van der Waals surface area (Å²) in [4.78, 5) is 12.4. The topological polar surface area (TPSA) is 64.2 Å². The summed E-state index contributed by atoms with van der Waals surface area (Å²) < 4.78 is 12.0. The molecule has 0 atom stereocenters. The summed E-state index contributed by atoms with van der Waals surface area (Å²) in [5.74, 6) is 0.650. The molecule has 0 bridgehead atoms. The van der Waals surface area contributed by atoms with Crippen LogP contribution < -0.4 is 4.74 Å². The number of hydrogen-bond acceptors (Lipinski definition) is 4. The Morgan fingerprint density at radius 3 is 2.55 bits per heavy atom. The van der Waals surface area contributed by atoms with E-state index < -0.39 is 11.7 Å². The quantitative estimate of drug-likeness (QED) is 0.749. The van der Waals surface area contributed by atoms with E-state index in [1.807, 2.05) is 12.1 Å². The SMILES string of the molecule is COc1cc2c(cc1CBr)cc(C#N)n2C(=O)OC(C)(C)C. The van der Waals surface area contributed by atoms with Gasteiger partial charge in [-0.25, -0.2) is 9.36 Å². The lowest BCUT2D eigenvalue weighted by Gasteiger charge is -2.20. The summed E-state index contributed by atoms with van der Waals surface area (Å²) in [5.41, 5.74) is 1.13. The van der Waals surface area contributed by atoms with Crippen LogP contribution in [0.4, 0.5) is 4.79 Å². The lowest BCUT2D eigenvalue weighted by atomic mass is 10.1. The summed E-state index contributed by atoms with van der Waals surface area (Å²) in [7, 11) is 1.57. The van der Waals surface area contributed by atoms with Crippen molar-refractivity contribution in [2.24, 2.45) is 0 Å². The third kappa shape index (κ3) is 3.09. The first kappa shape index (κ1) is 16.4. The molecule has 5 nitrogen and oxygen atoms in total. The highest BCUT2D eigenvalue weighted by molar-refractivity contribution is 9.08. The maximum Gasteiger partial charge on any atom is 0.420 e. The monoisotopic (exact) mass is 364 g/mol. The molecule has 0 aliphatic heterocycles. The van der Waals surface area contributed by atoms with E-state index in [1.165, 1.54) is 4.57 Å². The molecule has 1 aromatic carbocycles. The van der Waals surface area contributed by atoms with Gasteiger partial charge in [-0.05, 0) is 32.9 Å². The van der Waals surface area contributed by atoms with Gasteiger partial charge in [-0.2, -0.15) is 5.26 Å². The minimum Gasteiger partial charge on any atom is -0.496 e. The van der Waals surface area contributed by atoms with Crippen molar-refractivity contribution in [2.45, 2.75) is 31.7 Å². The molecule has 1 heterocycles. The minimum atomic E-state index is -0.639. The molecule has 2 aromatic rings. The van der Waals surface area contributed by atoms with Gasteiger partial charge in [-0.15, -0.1) is 0 Å². The lowest BCUT2D eigenvalue weighted by Crippen LogP contribution is -2.27. The van der Waals surface area contributed by atoms with Crippen molar-refractivity contribution in [3.63, 3.8) is 0 Å². The normalized spacial score (nSPS) is 11.3. The molecule has 116 valence electrons. The van der Waals surface area contributed by atoms with Gasteiger partial charge in [0.25, 0.3) is 0 Å². The van der Waals surface area contributed by atoms with Crippen molar-refractivity contribution >= 4 is 32.9 Å². The molecule has 0 fully saturated rings. The smallest absolute Gasteiger partial charge is 0.420 e. The average molecular weight is 365 g/mol. The number of carbonyl (C=O) groups is 1. The zero-order chi connectivity index (χ0) is 16.5. The second-order valence-electron chi connectivity index (χ2n) is 5.81. The maximum atomic E-state index is 12.4. The number of carbonyl (C=O) groups excluding carboxylic acids is 1. The highest BCUT2D eigenvalue weighted by Gasteiger charge is 2.23. The van der Waals surface area contributed by atoms with E-state index >= 15 is 0 Å². The van der Waals surface area contributed by atoms with Crippen LogP contribution in [0.1, 0.15) is 32.0 Å². The highest BCUT2D eigenvalue weighted by atomic mass is 79.9. The van der Waals surface area contributed by atoms with Gasteiger partial charge in [0.2, 0.25) is 0 Å². The van der Waals surface area contributed by atoms with Crippen LogP contribution in [-0.2, 0) is 10.1 Å². The summed E-state index contributed by atoms with van der Waals surface area (Å²) in [6.07, 6.45) is -0.576. The molecular formula is C16H17BrN2O3. The molecule has 22 heavy (non-hydrogen) atoms. The second-order valence-corrected chi connectivity index (χ2v) is 6.37. The molecular weight excluding hydrogens is 348 g/mol. The number of fused-ring (bicyclic) bond motifs is 1. The Morgan fingerprint density at radius 2 is 2.05 bits per heavy atom. The Morgan fingerprint density at radius 1 is 1.36 bits per heavy atom. The van der Waals surface area contributed by atoms with Gasteiger partial charge in [0.15, 0.2) is 0 Å². The number of alkyl halides is 1. The van der Waals surface area contributed by atoms with Gasteiger partial charge in [-0.1, -0.05) is 15.9 Å². The predicted molar refractivity (Wildman–Crippen MR) is 87.5 cm³/mol. The second kappa shape index (κ2) is 6.01. The zero-order valence-electron chi connectivity index (χ0n) is 12.9. The molecule has 0 saturated carbocycles. The Bertz CT molecular complexity index is 766. The molecule has 0 aliphatic carbocycles. The van der Waals surface area contributed by atoms with E-state index in [0.717, 1.165) is 10.9 Å². The molecule has 2 rings (SSSR count). The number of benzene rings is 1. The maximum absolute atomic E-state index is 12.4. The number of halogens is 1. The number of ether oxygens (including phenoxy) is 2. The fourth-order valence-electron chi connectivity index (χ4n) is 2.16. The van der Waals surface area contributed by atoms with Gasteiger partial charge >= 0.3 is 6.09 Å². The van der Waals surface area contributed by atoms with Crippen LogP contribution in [0.2, 0.25) is 0 Å². The Balaban J connectivity index is 2.67. The first-order chi connectivity index (χ1) is 10.3. The van der Waals surface area contributed by atoms with Crippen molar-refractivity contribution in [1.29, 1.82) is 5.26 Å². The lowest BCUT2D eigenvalue weighted by molar-refractivity contribution is 0.0543. The minimum absolute atomic E-state index is 0.234. The molecule has 1 aromatic heterocycles. The molecule has 0 N–H and O–H groups in total. The van der Waals surface area contributed by atoms with Crippen molar-refractivity contribution in [2.75, 3.05) is 7.11 Å². The van der Waals surface area contributed by atoms with E-state index in [0.29, 0.717) is 16.6 Å². The van der Waals surface area contributed by atoms with Gasteiger partial charge in [-0.3, -0.25) is 0 Å². The number of nitriles is 1. The van der Waals surface area contributed by atoms with Crippen LogP contribution in [0.5, 0.6) is 5.75 Å². The fraction of sp³-hybridized carbons (Fsp3) is 0.375. The Hall–Kier alpha value is -2.00. The summed E-state index contributed by atoms with van der Waals surface area (Å²) >= 11 is 3.40. The van der Waals surface area contributed by atoms with Crippen molar-refractivity contribution < 1.29 is 14.3 Å². The fourth-order valence-corrected chi connectivity index (χ4v) is 2.60. The van der Waals surface area contributed by atoms with E-state index in [2.05, 4.69) is 15.9 Å². The number of aromatic nitrogens is 1. The molecule has 0 unspecified atom stereocenters. The molecule has 0 saturated heterocycles. The van der Waals surface area contributed by atoms with Gasteiger partial charge in [0.05, 0.1) is 12.6 Å². The standard InChI is InChI=1S/C16H17BrN2O3/c1-16(2,3)22-15(20)19-12(9-18)6-10-5-11(8-17)14(21-4)7-13(10)19/h5-7H,8H2,1-4H3. The summed E-state index contributed by atoms with van der Waals surface area (Å²) in [6.45, 7) is 5.35. The average Bonchev–Trinajstić information content (AvgIpc) is 2.81. The van der Waals surface area contributed by atoms with Crippen LogP contribution in [0.15, 0.2) is 18.2 Å². The van der Waals surface area contributed by atoms with E-state index in [9.17, 15) is 10.1 Å². The number of methoxy groups -OCH3 is 1. The van der Waals surface area contributed by atoms with Crippen LogP contribution >= 0.6 is 15.9 Å². The van der Waals surface area contributed by atoms with Gasteiger partial charge < -0.3 is 9.47 Å². The van der Waals surface area contributed by atoms with Gasteiger partial charge in [0, 0.05) is 22.3 Å². The third-order valence-corrected chi connectivity index (χ3v) is 3.64. The number of hydrogen-bond donors (Lipinski definition) is 0. The summed E-state index contributed by atoms with van der Waals surface area (Å²) in [6, 6.07) is 7.35. The highest BCUT2D eigenvalue weighted by Crippen LogP contribution is 2.30. The third-order valence-electron chi connectivity index (χ3n) is 3.04. The Labute approximate surface area is 137 Å². The van der Waals surface area contributed by atoms with Crippen LogP contribution in [0.25, 0.3) is 10.9 Å². The number of nitrogens with zero attached hydrogens (tertiary/aromatic N) is 2. The van der Waals surface area contributed by atoms with Crippen LogP contribution in [0, 0.1) is 11.3 Å². The zero-order valence-corrected chi connectivity index (χ0v) is 14.5. The van der Waals surface area contributed by atoms with E-state index in [4.69, 9.17) is 9.47 Å². The van der Waals surface area contributed by atoms with Crippen molar-refractivity contribution in [1.82, 2.24) is 4.57 Å². The van der Waals surface area contributed by atoms with Gasteiger partial charge in [0.1, 0.15) is 23.1 Å². The van der Waals surface area contributed by atoms with E-state index in [-0.39, 0.29) is 5.69 Å². The van der Waals surface area contributed by atoms with Crippen LogP contribution in [0.3, 0.4) is 0 Å². The molecule has 6 heteroatoms.